The van der Waals surface area contributed by atoms with Crippen LogP contribution >= 0.6 is 15.9 Å². The van der Waals surface area contributed by atoms with E-state index in [-0.39, 0.29) is 11.9 Å². The van der Waals surface area contributed by atoms with Gasteiger partial charge in [0.05, 0.1) is 6.04 Å². The van der Waals surface area contributed by atoms with Crippen molar-refractivity contribution < 1.29 is 4.39 Å². The van der Waals surface area contributed by atoms with Crippen LogP contribution in [0.4, 0.5) is 4.39 Å². The van der Waals surface area contributed by atoms with Crippen molar-refractivity contribution >= 4 is 15.9 Å². The molecule has 3 heteroatoms. The predicted molar refractivity (Wildman–Crippen MR) is 90.2 cm³/mol. The lowest BCUT2D eigenvalue weighted by atomic mass is 9.91. The molecule has 0 aliphatic carbocycles. The van der Waals surface area contributed by atoms with Crippen molar-refractivity contribution in [2.75, 3.05) is 6.54 Å². The number of aryl methyl sites for hydroxylation is 2. The predicted octanol–water partition coefficient (Wildman–Crippen LogP) is 5.29. The van der Waals surface area contributed by atoms with Crippen molar-refractivity contribution in [3.05, 3.63) is 68.9 Å². The molecule has 0 spiro atoms. The van der Waals surface area contributed by atoms with E-state index in [2.05, 4.69) is 54.2 Å². The Morgan fingerprint density at radius 2 is 1.81 bits per heavy atom. The molecule has 0 radical (unpaired) electrons. The fourth-order valence-corrected chi connectivity index (χ4v) is 3.05. The van der Waals surface area contributed by atoms with Crippen LogP contribution in [0.15, 0.2) is 40.9 Å². The summed E-state index contributed by atoms with van der Waals surface area (Å²) in [4.78, 5) is 0. The first-order chi connectivity index (χ1) is 10.0. The van der Waals surface area contributed by atoms with E-state index < -0.39 is 0 Å². The highest BCUT2D eigenvalue weighted by Gasteiger charge is 2.20. The molecule has 2 aromatic carbocycles. The molecule has 21 heavy (non-hydrogen) atoms. The molecule has 0 saturated heterocycles. The van der Waals surface area contributed by atoms with Crippen LogP contribution in [0.5, 0.6) is 0 Å². The number of halogens is 2. The molecule has 112 valence electrons. The largest absolute Gasteiger partial charge is 0.306 e. The molecule has 0 aliphatic rings. The molecule has 0 bridgehead atoms. The summed E-state index contributed by atoms with van der Waals surface area (Å²) >= 11 is 3.45. The zero-order chi connectivity index (χ0) is 15.4. The Morgan fingerprint density at radius 1 is 1.14 bits per heavy atom. The van der Waals surface area contributed by atoms with Crippen LogP contribution in [0.3, 0.4) is 0 Å². The summed E-state index contributed by atoms with van der Waals surface area (Å²) in [6.45, 7) is 7.13. The minimum Gasteiger partial charge on any atom is -0.306 e. The van der Waals surface area contributed by atoms with Gasteiger partial charge in [0.1, 0.15) is 5.82 Å². The van der Waals surface area contributed by atoms with E-state index in [0.29, 0.717) is 5.56 Å². The maximum absolute atomic E-state index is 14.3. The monoisotopic (exact) mass is 349 g/mol. The first kappa shape index (κ1) is 16.2. The molecule has 1 unspecified atom stereocenters. The highest BCUT2D eigenvalue weighted by Crippen LogP contribution is 2.31. The standard InChI is InChI=1S/C18H21BrFN/c1-4-10-21-18(15-11-14(19)8-9-16(15)20)17-12(2)6-5-7-13(17)3/h5-9,11,18,21H,4,10H2,1-3H3. The van der Waals surface area contributed by atoms with Crippen LogP contribution in [0.1, 0.15) is 41.6 Å². The lowest BCUT2D eigenvalue weighted by molar-refractivity contribution is 0.543. The average molecular weight is 350 g/mol. The number of benzene rings is 2. The zero-order valence-corrected chi connectivity index (χ0v) is 14.3. The number of rotatable bonds is 5. The molecule has 1 nitrogen and oxygen atoms in total. The van der Waals surface area contributed by atoms with Gasteiger partial charge in [-0.1, -0.05) is 41.1 Å². The molecule has 1 atom stereocenters. The van der Waals surface area contributed by atoms with Crippen molar-refractivity contribution in [3.8, 4) is 0 Å². The highest BCUT2D eigenvalue weighted by molar-refractivity contribution is 9.10. The van der Waals surface area contributed by atoms with Crippen LogP contribution in [-0.2, 0) is 0 Å². The van der Waals surface area contributed by atoms with Crippen molar-refractivity contribution in [1.82, 2.24) is 5.32 Å². The Hall–Kier alpha value is -1.19. The van der Waals surface area contributed by atoms with Crippen LogP contribution in [0.2, 0.25) is 0 Å². The van der Waals surface area contributed by atoms with Crippen molar-refractivity contribution in [2.24, 2.45) is 0 Å². The molecule has 0 saturated carbocycles. The number of hydrogen-bond donors (Lipinski definition) is 1. The lowest BCUT2D eigenvalue weighted by Gasteiger charge is -2.24. The van der Waals surface area contributed by atoms with E-state index in [4.69, 9.17) is 0 Å². The molecule has 0 fully saturated rings. The van der Waals surface area contributed by atoms with Crippen molar-refractivity contribution in [3.63, 3.8) is 0 Å². The fraction of sp³-hybridized carbons (Fsp3) is 0.333. The molecule has 2 rings (SSSR count). The summed E-state index contributed by atoms with van der Waals surface area (Å²) in [5.41, 5.74) is 4.23. The third kappa shape index (κ3) is 3.72. The summed E-state index contributed by atoms with van der Waals surface area (Å²) < 4.78 is 15.2. The minimum absolute atomic E-state index is 0.122. The quantitative estimate of drug-likeness (QED) is 0.772. The van der Waals surface area contributed by atoms with Crippen LogP contribution in [0, 0.1) is 19.7 Å². The summed E-state index contributed by atoms with van der Waals surface area (Å²) in [5.74, 6) is -0.172. The molecule has 2 aromatic rings. The minimum atomic E-state index is -0.172. The molecule has 0 amide bonds. The summed E-state index contributed by atoms with van der Waals surface area (Å²) in [6.07, 6.45) is 1.01. The first-order valence-electron chi connectivity index (χ1n) is 7.29. The second kappa shape index (κ2) is 7.19. The van der Waals surface area contributed by atoms with Gasteiger partial charge in [-0.15, -0.1) is 0 Å². The molecule has 0 heterocycles. The summed E-state index contributed by atoms with van der Waals surface area (Å²) in [6, 6.07) is 11.2. The van der Waals surface area contributed by atoms with Crippen LogP contribution < -0.4 is 5.32 Å². The van der Waals surface area contributed by atoms with Gasteiger partial charge in [-0.3, -0.25) is 0 Å². The second-order valence-electron chi connectivity index (χ2n) is 5.36. The van der Waals surface area contributed by atoms with Gasteiger partial charge in [0.15, 0.2) is 0 Å². The Morgan fingerprint density at radius 3 is 2.43 bits per heavy atom. The lowest BCUT2D eigenvalue weighted by Crippen LogP contribution is -2.25. The van der Waals surface area contributed by atoms with Crippen LogP contribution in [0.25, 0.3) is 0 Å². The van der Waals surface area contributed by atoms with E-state index in [0.717, 1.165) is 17.4 Å². The van der Waals surface area contributed by atoms with Crippen molar-refractivity contribution in [1.29, 1.82) is 0 Å². The smallest absolute Gasteiger partial charge is 0.128 e. The summed E-state index contributed by atoms with van der Waals surface area (Å²) in [5, 5.41) is 3.49. The zero-order valence-electron chi connectivity index (χ0n) is 12.7. The number of hydrogen-bond acceptors (Lipinski definition) is 1. The van der Waals surface area contributed by atoms with Gasteiger partial charge in [0, 0.05) is 10.0 Å². The third-order valence-corrected chi connectivity index (χ3v) is 4.19. The summed E-state index contributed by atoms with van der Waals surface area (Å²) in [7, 11) is 0. The van der Waals surface area contributed by atoms with Gasteiger partial charge in [-0.2, -0.15) is 0 Å². The Labute approximate surface area is 134 Å². The maximum atomic E-state index is 14.3. The molecule has 0 aliphatic heterocycles. The van der Waals surface area contributed by atoms with Gasteiger partial charge >= 0.3 is 0 Å². The van der Waals surface area contributed by atoms with E-state index in [1.807, 2.05) is 12.1 Å². The Balaban J connectivity index is 2.55. The Bertz CT molecular complexity index is 604. The highest BCUT2D eigenvalue weighted by atomic mass is 79.9. The number of nitrogens with one attached hydrogen (secondary N) is 1. The second-order valence-corrected chi connectivity index (χ2v) is 6.27. The van der Waals surface area contributed by atoms with Gasteiger partial charge in [0.2, 0.25) is 0 Å². The molecular weight excluding hydrogens is 329 g/mol. The van der Waals surface area contributed by atoms with Crippen molar-refractivity contribution in [2.45, 2.75) is 33.2 Å². The first-order valence-corrected chi connectivity index (χ1v) is 8.08. The normalized spacial score (nSPS) is 12.4. The van der Waals surface area contributed by atoms with E-state index in [9.17, 15) is 4.39 Å². The third-order valence-electron chi connectivity index (χ3n) is 3.70. The van der Waals surface area contributed by atoms with Crippen LogP contribution in [-0.4, -0.2) is 6.54 Å². The van der Waals surface area contributed by atoms with Gasteiger partial charge in [-0.25, -0.2) is 4.39 Å². The maximum Gasteiger partial charge on any atom is 0.128 e. The molecule has 0 aromatic heterocycles. The Kier molecular flexibility index (Phi) is 5.54. The SMILES string of the molecule is CCCNC(c1cc(Br)ccc1F)c1c(C)cccc1C. The van der Waals surface area contributed by atoms with E-state index in [1.165, 1.54) is 22.8 Å². The van der Waals surface area contributed by atoms with E-state index in [1.54, 1.807) is 6.07 Å². The topological polar surface area (TPSA) is 12.0 Å². The van der Waals surface area contributed by atoms with Gasteiger partial charge in [0.25, 0.3) is 0 Å². The van der Waals surface area contributed by atoms with Gasteiger partial charge in [-0.05, 0) is 61.7 Å². The molecular formula is C18H21BrFN. The van der Waals surface area contributed by atoms with Gasteiger partial charge < -0.3 is 5.32 Å². The fourth-order valence-electron chi connectivity index (χ4n) is 2.67. The molecule has 1 N–H and O–H groups in total. The average Bonchev–Trinajstić information content (AvgIpc) is 2.45. The van der Waals surface area contributed by atoms with E-state index >= 15 is 0 Å².